The highest BCUT2D eigenvalue weighted by Gasteiger charge is 2.19. The van der Waals surface area contributed by atoms with E-state index in [1.165, 1.54) is 0 Å². The number of thiophene rings is 1. The van der Waals surface area contributed by atoms with E-state index in [1.807, 2.05) is 13.8 Å². The van der Waals surface area contributed by atoms with E-state index >= 15 is 0 Å². The zero-order chi connectivity index (χ0) is 14.3. The molecule has 3 rings (SSSR count). The summed E-state index contributed by atoms with van der Waals surface area (Å²) in [7, 11) is 0. The van der Waals surface area contributed by atoms with Crippen molar-refractivity contribution in [3.8, 4) is 0 Å². The van der Waals surface area contributed by atoms with Crippen LogP contribution in [0.25, 0.3) is 10.2 Å². The molecule has 7 heteroatoms. The van der Waals surface area contributed by atoms with Crippen molar-refractivity contribution in [1.82, 2.24) is 19.8 Å². The minimum atomic E-state index is -0.0605. The molecule has 0 aliphatic carbocycles. The largest absolute Gasteiger partial charge is 0.336 e. The predicted molar refractivity (Wildman–Crippen MR) is 78.3 cm³/mol. The fourth-order valence-electron chi connectivity index (χ4n) is 2.38. The maximum absolute atomic E-state index is 12.5. The van der Waals surface area contributed by atoms with Crippen molar-refractivity contribution >= 4 is 27.6 Å². The quantitative estimate of drug-likeness (QED) is 0.921. The van der Waals surface area contributed by atoms with Crippen LogP contribution in [0, 0.1) is 13.8 Å². The van der Waals surface area contributed by atoms with Gasteiger partial charge in [0.1, 0.15) is 4.83 Å². The van der Waals surface area contributed by atoms with E-state index < -0.39 is 0 Å². The van der Waals surface area contributed by atoms with Crippen molar-refractivity contribution in [2.24, 2.45) is 0 Å². The predicted octanol–water partition coefficient (Wildman–Crippen LogP) is 1.10. The third-order valence-corrected chi connectivity index (χ3v) is 4.83. The van der Waals surface area contributed by atoms with E-state index in [9.17, 15) is 9.59 Å². The summed E-state index contributed by atoms with van der Waals surface area (Å²) in [4.78, 5) is 31.9. The first-order chi connectivity index (χ1) is 9.58. The molecule has 3 heterocycles. The van der Waals surface area contributed by atoms with Gasteiger partial charge in [0.15, 0.2) is 0 Å². The summed E-state index contributed by atoms with van der Waals surface area (Å²) in [5.41, 5.74) is 0.993. The Hall–Kier alpha value is -1.89. The highest BCUT2D eigenvalue weighted by molar-refractivity contribution is 7.18. The molecule has 1 aliphatic heterocycles. The van der Waals surface area contributed by atoms with Crippen LogP contribution in [0.5, 0.6) is 0 Å². The van der Waals surface area contributed by atoms with Crippen molar-refractivity contribution in [3.63, 3.8) is 0 Å². The summed E-state index contributed by atoms with van der Waals surface area (Å²) >= 11 is 1.55. The van der Waals surface area contributed by atoms with Gasteiger partial charge in [0.2, 0.25) is 0 Å². The summed E-state index contributed by atoms with van der Waals surface area (Å²) in [6, 6.07) is -0.0605. The van der Waals surface area contributed by atoms with Gasteiger partial charge >= 0.3 is 6.03 Å². The number of fused-ring (bicyclic) bond motifs is 1. The average Bonchev–Trinajstić information content (AvgIpc) is 2.94. The molecule has 0 radical (unpaired) electrons. The second-order valence-electron chi connectivity index (χ2n) is 4.93. The molecule has 0 saturated carbocycles. The van der Waals surface area contributed by atoms with Crippen LogP contribution in [-0.4, -0.2) is 40.1 Å². The number of rotatable bonds is 3. The molecule has 2 amide bonds. The van der Waals surface area contributed by atoms with E-state index in [2.05, 4.69) is 10.3 Å². The van der Waals surface area contributed by atoms with Gasteiger partial charge in [0.25, 0.3) is 5.56 Å². The average molecular weight is 292 g/mol. The van der Waals surface area contributed by atoms with Gasteiger partial charge in [-0.05, 0) is 19.4 Å². The van der Waals surface area contributed by atoms with Crippen molar-refractivity contribution in [2.75, 3.05) is 19.6 Å². The number of hydrogen-bond donors (Lipinski definition) is 1. The lowest BCUT2D eigenvalue weighted by Gasteiger charge is -2.14. The molecule has 1 aliphatic rings. The van der Waals surface area contributed by atoms with Crippen LogP contribution in [0.4, 0.5) is 4.79 Å². The maximum Gasteiger partial charge on any atom is 0.317 e. The van der Waals surface area contributed by atoms with Gasteiger partial charge in [-0.15, -0.1) is 11.3 Å². The number of hydrogen-bond acceptors (Lipinski definition) is 4. The number of aryl methyl sites for hydroxylation is 2. The Bertz CT molecular complexity index is 734. The zero-order valence-corrected chi connectivity index (χ0v) is 12.3. The standard InChI is InChI=1S/C13H16N4O2S/c1-8-9(2)20-11-10(8)12(18)17(7-15-11)6-5-16-4-3-14-13(16)19/h7H,3-6H2,1-2H3,(H,14,19). The van der Waals surface area contributed by atoms with Crippen LogP contribution < -0.4 is 10.9 Å². The molecule has 0 unspecified atom stereocenters. The number of carbonyl (C=O) groups excluding carboxylic acids is 1. The Labute approximate surface area is 120 Å². The molecule has 0 aromatic carbocycles. The molecule has 20 heavy (non-hydrogen) atoms. The lowest BCUT2D eigenvalue weighted by molar-refractivity contribution is 0.215. The normalized spacial score (nSPS) is 15.1. The first kappa shape index (κ1) is 13.1. The molecule has 1 saturated heterocycles. The fourth-order valence-corrected chi connectivity index (χ4v) is 3.37. The Balaban J connectivity index is 1.88. The molecule has 106 valence electrons. The van der Waals surface area contributed by atoms with E-state index in [0.29, 0.717) is 31.6 Å². The zero-order valence-electron chi connectivity index (χ0n) is 11.5. The Kier molecular flexibility index (Phi) is 3.21. The van der Waals surface area contributed by atoms with Crippen LogP contribution in [-0.2, 0) is 6.54 Å². The van der Waals surface area contributed by atoms with E-state index in [1.54, 1.807) is 27.1 Å². The lowest BCUT2D eigenvalue weighted by Crippen LogP contribution is -2.33. The lowest BCUT2D eigenvalue weighted by atomic mass is 10.2. The summed E-state index contributed by atoms with van der Waals surface area (Å²) < 4.78 is 1.59. The highest BCUT2D eigenvalue weighted by atomic mass is 32.1. The molecule has 2 aromatic rings. The summed E-state index contributed by atoms with van der Waals surface area (Å²) in [6.45, 7) is 6.33. The van der Waals surface area contributed by atoms with Crippen molar-refractivity contribution in [2.45, 2.75) is 20.4 Å². The van der Waals surface area contributed by atoms with Crippen LogP contribution >= 0.6 is 11.3 Å². The second kappa shape index (κ2) is 4.90. The molecular weight excluding hydrogens is 276 g/mol. The van der Waals surface area contributed by atoms with Crippen LogP contribution in [0.3, 0.4) is 0 Å². The van der Waals surface area contributed by atoms with Gasteiger partial charge in [0.05, 0.1) is 11.7 Å². The van der Waals surface area contributed by atoms with Gasteiger partial charge in [-0.25, -0.2) is 9.78 Å². The van der Waals surface area contributed by atoms with E-state index in [4.69, 9.17) is 0 Å². The number of urea groups is 1. The van der Waals surface area contributed by atoms with E-state index in [-0.39, 0.29) is 11.6 Å². The molecular formula is C13H16N4O2S. The van der Waals surface area contributed by atoms with Crippen LogP contribution in [0.1, 0.15) is 10.4 Å². The summed E-state index contributed by atoms with van der Waals surface area (Å²) in [5.74, 6) is 0. The van der Waals surface area contributed by atoms with Crippen molar-refractivity contribution in [3.05, 3.63) is 27.1 Å². The SMILES string of the molecule is Cc1sc2ncn(CCN3CCNC3=O)c(=O)c2c1C. The number of nitrogens with one attached hydrogen (secondary N) is 1. The van der Waals surface area contributed by atoms with Gasteiger partial charge in [-0.3, -0.25) is 9.36 Å². The molecule has 0 spiro atoms. The van der Waals surface area contributed by atoms with E-state index in [0.717, 1.165) is 15.3 Å². The molecule has 1 N–H and O–H groups in total. The van der Waals surface area contributed by atoms with Crippen molar-refractivity contribution in [1.29, 1.82) is 0 Å². The molecule has 2 aromatic heterocycles. The summed E-state index contributed by atoms with van der Waals surface area (Å²) in [5, 5.41) is 3.46. The van der Waals surface area contributed by atoms with Gasteiger partial charge < -0.3 is 10.2 Å². The molecule has 0 bridgehead atoms. The minimum absolute atomic E-state index is 0.0172. The number of amides is 2. The van der Waals surface area contributed by atoms with Gasteiger partial charge in [-0.2, -0.15) is 0 Å². The Morgan fingerprint density at radius 2 is 2.15 bits per heavy atom. The Morgan fingerprint density at radius 1 is 1.35 bits per heavy atom. The van der Waals surface area contributed by atoms with Crippen LogP contribution in [0.15, 0.2) is 11.1 Å². The monoisotopic (exact) mass is 292 g/mol. The number of nitrogens with zero attached hydrogens (tertiary/aromatic N) is 3. The highest BCUT2D eigenvalue weighted by Crippen LogP contribution is 2.25. The minimum Gasteiger partial charge on any atom is -0.336 e. The van der Waals surface area contributed by atoms with Gasteiger partial charge in [-0.1, -0.05) is 0 Å². The summed E-state index contributed by atoms with van der Waals surface area (Å²) in [6.07, 6.45) is 1.58. The molecule has 1 fully saturated rings. The fraction of sp³-hybridized carbons (Fsp3) is 0.462. The first-order valence-electron chi connectivity index (χ1n) is 6.56. The number of carbonyl (C=O) groups is 1. The Morgan fingerprint density at radius 3 is 2.85 bits per heavy atom. The first-order valence-corrected chi connectivity index (χ1v) is 7.37. The topological polar surface area (TPSA) is 67.2 Å². The number of aromatic nitrogens is 2. The molecule has 6 nitrogen and oxygen atoms in total. The third-order valence-electron chi connectivity index (χ3n) is 3.71. The van der Waals surface area contributed by atoms with Gasteiger partial charge in [0, 0.05) is 31.1 Å². The third kappa shape index (κ3) is 2.07. The van der Waals surface area contributed by atoms with Crippen molar-refractivity contribution < 1.29 is 4.79 Å². The second-order valence-corrected chi connectivity index (χ2v) is 6.13. The maximum atomic E-state index is 12.5. The van der Waals surface area contributed by atoms with Crippen LogP contribution in [0.2, 0.25) is 0 Å². The smallest absolute Gasteiger partial charge is 0.317 e. The molecule has 0 atom stereocenters.